The van der Waals surface area contributed by atoms with Crippen LogP contribution in [0.3, 0.4) is 0 Å². The van der Waals surface area contributed by atoms with E-state index in [1.54, 1.807) is 19.9 Å². The van der Waals surface area contributed by atoms with Crippen molar-refractivity contribution in [3.63, 3.8) is 0 Å². The molecular weight excluding hydrogens is 321 g/mol. The quantitative estimate of drug-likeness (QED) is 0.745. The van der Waals surface area contributed by atoms with Gasteiger partial charge in [-0.15, -0.1) is 0 Å². The Labute approximate surface area is 139 Å². The molecule has 0 aliphatic rings. The summed E-state index contributed by atoms with van der Waals surface area (Å²) in [7, 11) is 1.46. The van der Waals surface area contributed by atoms with Gasteiger partial charge in [0.1, 0.15) is 0 Å². The van der Waals surface area contributed by atoms with Crippen molar-refractivity contribution < 1.29 is 22.8 Å². The van der Waals surface area contributed by atoms with Gasteiger partial charge in [0, 0.05) is 13.6 Å². The van der Waals surface area contributed by atoms with Crippen LogP contribution in [-0.2, 0) is 15.8 Å². The van der Waals surface area contributed by atoms with Crippen LogP contribution < -0.4 is 0 Å². The minimum atomic E-state index is -4.44. The van der Waals surface area contributed by atoms with Gasteiger partial charge in [-0.25, -0.2) is 0 Å². The zero-order chi connectivity index (χ0) is 18.5. The molecule has 1 unspecified atom stereocenters. The van der Waals surface area contributed by atoms with E-state index in [4.69, 9.17) is 0 Å². The summed E-state index contributed by atoms with van der Waals surface area (Å²) in [5.41, 5.74) is -0.368. The van der Waals surface area contributed by atoms with Crippen LogP contribution in [0.15, 0.2) is 36.9 Å². The zero-order valence-electron chi connectivity index (χ0n) is 13.9. The van der Waals surface area contributed by atoms with E-state index in [2.05, 4.69) is 6.58 Å². The van der Waals surface area contributed by atoms with E-state index >= 15 is 0 Å². The van der Waals surface area contributed by atoms with E-state index in [9.17, 15) is 22.8 Å². The fourth-order valence-corrected chi connectivity index (χ4v) is 2.35. The van der Waals surface area contributed by atoms with E-state index in [1.165, 1.54) is 22.9 Å². The van der Waals surface area contributed by atoms with Crippen molar-refractivity contribution in [2.24, 2.45) is 0 Å². The van der Waals surface area contributed by atoms with E-state index in [1.807, 2.05) is 0 Å². The molecule has 1 atom stereocenters. The molecule has 24 heavy (non-hydrogen) atoms. The van der Waals surface area contributed by atoms with Crippen LogP contribution in [-0.4, -0.2) is 41.8 Å². The smallest absolute Gasteiger partial charge is 0.335 e. The normalized spacial score (nSPS) is 12.4. The van der Waals surface area contributed by atoms with Gasteiger partial charge in [-0.05, 0) is 37.6 Å². The Hall–Kier alpha value is -2.31. The number of likely N-dealkylation sites (N-methyl/N-ethyl adjacent to an activating group) is 2. The first-order chi connectivity index (χ1) is 11.1. The Kier molecular flexibility index (Phi) is 6.57. The first-order valence-corrected chi connectivity index (χ1v) is 7.46. The summed E-state index contributed by atoms with van der Waals surface area (Å²) in [5, 5.41) is 0. The SMILES string of the molecule is C=CC(=O)N(C)CC(=O)N(CC)C(C)c1cccc(C(F)(F)F)c1. The van der Waals surface area contributed by atoms with Crippen molar-refractivity contribution in [1.29, 1.82) is 0 Å². The fourth-order valence-electron chi connectivity index (χ4n) is 2.35. The molecule has 0 radical (unpaired) electrons. The average molecular weight is 342 g/mol. The van der Waals surface area contributed by atoms with Crippen molar-refractivity contribution in [1.82, 2.24) is 9.80 Å². The highest BCUT2D eigenvalue weighted by molar-refractivity contribution is 5.90. The number of hydrogen-bond donors (Lipinski definition) is 0. The molecule has 0 aliphatic carbocycles. The fraction of sp³-hybridized carbons (Fsp3) is 0.412. The number of carbonyl (C=O) groups excluding carboxylic acids is 2. The molecular formula is C17H21F3N2O2. The summed E-state index contributed by atoms with van der Waals surface area (Å²) in [6.45, 7) is 6.89. The lowest BCUT2D eigenvalue weighted by atomic mass is 10.0. The van der Waals surface area contributed by atoms with Crippen LogP contribution in [0.5, 0.6) is 0 Å². The Morgan fingerprint density at radius 3 is 2.46 bits per heavy atom. The third kappa shape index (κ3) is 4.84. The molecule has 0 aliphatic heterocycles. The van der Waals surface area contributed by atoms with Gasteiger partial charge >= 0.3 is 6.18 Å². The largest absolute Gasteiger partial charge is 0.416 e. The Balaban J connectivity index is 2.98. The summed E-state index contributed by atoms with van der Waals surface area (Å²) in [6, 6.07) is 4.36. The van der Waals surface area contributed by atoms with Crippen LogP contribution in [0, 0.1) is 0 Å². The van der Waals surface area contributed by atoms with Gasteiger partial charge in [-0.1, -0.05) is 18.7 Å². The molecule has 0 saturated carbocycles. The number of halogens is 3. The molecule has 0 saturated heterocycles. The molecule has 1 aromatic carbocycles. The van der Waals surface area contributed by atoms with Crippen molar-refractivity contribution in [3.8, 4) is 0 Å². The van der Waals surface area contributed by atoms with Gasteiger partial charge in [0.25, 0.3) is 0 Å². The standard InChI is InChI=1S/C17H21F3N2O2/c1-5-15(23)21(4)11-16(24)22(6-2)12(3)13-8-7-9-14(10-13)17(18,19)20/h5,7-10,12H,1,6,11H2,2-4H3. The molecule has 7 heteroatoms. The molecule has 0 spiro atoms. The third-order valence-corrected chi connectivity index (χ3v) is 3.75. The van der Waals surface area contributed by atoms with Gasteiger partial charge in [0.15, 0.2) is 0 Å². The first-order valence-electron chi connectivity index (χ1n) is 7.46. The molecule has 1 aromatic rings. The number of rotatable bonds is 6. The van der Waals surface area contributed by atoms with Crippen LogP contribution in [0.1, 0.15) is 31.0 Å². The topological polar surface area (TPSA) is 40.6 Å². The second-order valence-electron chi connectivity index (χ2n) is 5.38. The summed E-state index contributed by atoms with van der Waals surface area (Å²) >= 11 is 0. The minimum absolute atomic E-state index is 0.165. The van der Waals surface area contributed by atoms with Gasteiger partial charge < -0.3 is 9.80 Å². The first kappa shape index (κ1) is 19.7. The molecule has 4 nitrogen and oxygen atoms in total. The van der Waals surface area contributed by atoms with Gasteiger partial charge in [-0.2, -0.15) is 13.2 Å². The van der Waals surface area contributed by atoms with Crippen molar-refractivity contribution in [2.45, 2.75) is 26.1 Å². The lowest BCUT2D eigenvalue weighted by molar-refractivity contribution is -0.138. The lowest BCUT2D eigenvalue weighted by Gasteiger charge is -2.30. The number of hydrogen-bond acceptors (Lipinski definition) is 2. The molecule has 0 fully saturated rings. The van der Waals surface area contributed by atoms with Gasteiger partial charge in [-0.3, -0.25) is 9.59 Å². The molecule has 0 bridgehead atoms. The zero-order valence-corrected chi connectivity index (χ0v) is 13.9. The van der Waals surface area contributed by atoms with E-state index in [0.717, 1.165) is 18.2 Å². The van der Waals surface area contributed by atoms with Crippen LogP contribution in [0.2, 0.25) is 0 Å². The molecule has 0 heterocycles. The molecule has 1 rings (SSSR count). The maximum absolute atomic E-state index is 12.8. The van der Waals surface area contributed by atoms with Crippen LogP contribution in [0.4, 0.5) is 13.2 Å². The highest BCUT2D eigenvalue weighted by Gasteiger charge is 2.31. The summed E-state index contributed by atoms with van der Waals surface area (Å²) < 4.78 is 38.5. The van der Waals surface area contributed by atoms with E-state index in [-0.39, 0.29) is 12.5 Å². The number of alkyl halides is 3. The maximum Gasteiger partial charge on any atom is 0.416 e. The monoisotopic (exact) mass is 342 g/mol. The second kappa shape index (κ2) is 7.99. The summed E-state index contributed by atoms with van der Waals surface area (Å²) in [5.74, 6) is -0.744. The van der Waals surface area contributed by atoms with E-state index in [0.29, 0.717) is 12.1 Å². The van der Waals surface area contributed by atoms with Gasteiger partial charge in [0.2, 0.25) is 11.8 Å². The predicted molar refractivity (Wildman–Crippen MR) is 85.1 cm³/mol. The van der Waals surface area contributed by atoms with Crippen LogP contribution >= 0.6 is 0 Å². The van der Waals surface area contributed by atoms with Crippen molar-refractivity contribution in [2.75, 3.05) is 20.1 Å². The highest BCUT2D eigenvalue weighted by Crippen LogP contribution is 2.31. The molecule has 132 valence electrons. The lowest BCUT2D eigenvalue weighted by Crippen LogP contribution is -2.41. The predicted octanol–water partition coefficient (Wildman–Crippen LogP) is 3.26. The average Bonchev–Trinajstić information content (AvgIpc) is 2.53. The van der Waals surface area contributed by atoms with Crippen LogP contribution in [0.25, 0.3) is 0 Å². The van der Waals surface area contributed by atoms with Crippen molar-refractivity contribution >= 4 is 11.8 Å². The molecule has 0 aromatic heterocycles. The number of amides is 2. The van der Waals surface area contributed by atoms with Crippen molar-refractivity contribution in [3.05, 3.63) is 48.0 Å². The Morgan fingerprint density at radius 2 is 1.96 bits per heavy atom. The summed E-state index contributed by atoms with van der Waals surface area (Å²) in [6.07, 6.45) is -3.34. The third-order valence-electron chi connectivity index (χ3n) is 3.75. The molecule has 2 amide bonds. The second-order valence-corrected chi connectivity index (χ2v) is 5.38. The highest BCUT2D eigenvalue weighted by atomic mass is 19.4. The van der Waals surface area contributed by atoms with Gasteiger partial charge in [0.05, 0.1) is 18.2 Å². The number of benzene rings is 1. The minimum Gasteiger partial charge on any atom is -0.335 e. The Morgan fingerprint density at radius 1 is 1.33 bits per heavy atom. The van der Waals surface area contributed by atoms with E-state index < -0.39 is 23.7 Å². The maximum atomic E-state index is 12.8. The Bertz CT molecular complexity index is 614. The number of carbonyl (C=O) groups is 2. The molecule has 0 N–H and O–H groups in total. The summed E-state index contributed by atoms with van der Waals surface area (Å²) in [4.78, 5) is 26.5. The number of nitrogens with zero attached hydrogens (tertiary/aromatic N) is 2.